The molecule has 3 atom stereocenters. The average molecular weight is 390 g/mol. The van der Waals surface area contributed by atoms with E-state index in [2.05, 4.69) is 15.9 Å². The standard InChI is InChI=1S/C15H20BrNO4S/c1-11-2-4-12(5-3-11)22(19,20)17-8-6-14(18)15(17)10-21-9-7-13(15)16/h2-5,13-14,18H,6-10H2,1H3. The molecule has 2 saturated heterocycles. The molecule has 0 aliphatic carbocycles. The lowest BCUT2D eigenvalue weighted by Crippen LogP contribution is -2.63. The zero-order chi connectivity index (χ0) is 16.0. The molecule has 7 heteroatoms. The van der Waals surface area contributed by atoms with Crippen molar-refractivity contribution in [3.8, 4) is 0 Å². The zero-order valence-electron chi connectivity index (χ0n) is 12.4. The lowest BCUT2D eigenvalue weighted by atomic mass is 9.88. The van der Waals surface area contributed by atoms with Crippen molar-refractivity contribution >= 4 is 26.0 Å². The molecule has 22 heavy (non-hydrogen) atoms. The van der Waals surface area contributed by atoms with Crippen LogP contribution in [0.25, 0.3) is 0 Å². The molecule has 2 fully saturated rings. The second-order valence-electron chi connectivity index (χ2n) is 5.99. The number of alkyl halides is 1. The van der Waals surface area contributed by atoms with E-state index in [-0.39, 0.29) is 16.3 Å². The Morgan fingerprint density at radius 1 is 1.32 bits per heavy atom. The van der Waals surface area contributed by atoms with E-state index in [1.54, 1.807) is 24.3 Å². The number of benzene rings is 1. The summed E-state index contributed by atoms with van der Waals surface area (Å²) in [5, 5.41) is 10.5. The Morgan fingerprint density at radius 3 is 2.64 bits per heavy atom. The number of ether oxygens (including phenoxy) is 1. The van der Waals surface area contributed by atoms with Crippen molar-refractivity contribution < 1.29 is 18.3 Å². The van der Waals surface area contributed by atoms with Gasteiger partial charge in [-0.3, -0.25) is 0 Å². The van der Waals surface area contributed by atoms with Gasteiger partial charge in [-0.2, -0.15) is 4.31 Å². The molecule has 122 valence electrons. The lowest BCUT2D eigenvalue weighted by Gasteiger charge is -2.45. The van der Waals surface area contributed by atoms with Gasteiger partial charge in [0.1, 0.15) is 0 Å². The van der Waals surface area contributed by atoms with Crippen molar-refractivity contribution in [1.82, 2.24) is 4.31 Å². The first-order valence-corrected chi connectivity index (χ1v) is 9.74. The van der Waals surface area contributed by atoms with Crippen molar-refractivity contribution in [2.75, 3.05) is 19.8 Å². The second-order valence-corrected chi connectivity index (χ2v) is 8.96. The molecule has 2 aliphatic rings. The Balaban J connectivity index is 2.03. The summed E-state index contributed by atoms with van der Waals surface area (Å²) in [7, 11) is -3.67. The van der Waals surface area contributed by atoms with Crippen LogP contribution in [-0.4, -0.2) is 54.1 Å². The maximum Gasteiger partial charge on any atom is 0.243 e. The van der Waals surface area contributed by atoms with Gasteiger partial charge in [-0.15, -0.1) is 0 Å². The zero-order valence-corrected chi connectivity index (χ0v) is 14.8. The van der Waals surface area contributed by atoms with Crippen molar-refractivity contribution in [3.63, 3.8) is 0 Å². The van der Waals surface area contributed by atoms with Crippen molar-refractivity contribution in [2.24, 2.45) is 0 Å². The van der Waals surface area contributed by atoms with Gasteiger partial charge in [-0.25, -0.2) is 8.42 Å². The number of sulfonamides is 1. The summed E-state index contributed by atoms with van der Waals surface area (Å²) < 4.78 is 33.1. The van der Waals surface area contributed by atoms with E-state index in [0.29, 0.717) is 26.0 Å². The third-order valence-electron chi connectivity index (χ3n) is 4.65. The predicted octanol–water partition coefficient (Wildman–Crippen LogP) is 1.67. The first-order valence-electron chi connectivity index (χ1n) is 7.38. The van der Waals surface area contributed by atoms with Gasteiger partial charge in [0.15, 0.2) is 0 Å². The lowest BCUT2D eigenvalue weighted by molar-refractivity contribution is -0.0458. The average Bonchev–Trinajstić information content (AvgIpc) is 2.81. The normalized spacial score (nSPS) is 33.4. The van der Waals surface area contributed by atoms with E-state index < -0.39 is 21.7 Å². The molecule has 2 heterocycles. The van der Waals surface area contributed by atoms with Crippen LogP contribution in [0.3, 0.4) is 0 Å². The number of aliphatic hydroxyl groups excluding tert-OH is 1. The Kier molecular flexibility index (Phi) is 4.37. The van der Waals surface area contributed by atoms with Crippen LogP contribution in [0.15, 0.2) is 29.2 Å². The number of aryl methyl sites for hydroxylation is 1. The van der Waals surface area contributed by atoms with E-state index in [4.69, 9.17) is 4.74 Å². The Hall–Kier alpha value is -0.470. The van der Waals surface area contributed by atoms with Gasteiger partial charge < -0.3 is 9.84 Å². The van der Waals surface area contributed by atoms with E-state index in [9.17, 15) is 13.5 Å². The quantitative estimate of drug-likeness (QED) is 0.781. The van der Waals surface area contributed by atoms with Crippen LogP contribution >= 0.6 is 15.9 Å². The summed E-state index contributed by atoms with van der Waals surface area (Å²) in [5.41, 5.74) is 0.0941. The SMILES string of the molecule is Cc1ccc(S(=O)(=O)N2CCC(O)C23COCCC3Br)cc1. The summed E-state index contributed by atoms with van der Waals surface area (Å²) in [6.07, 6.45) is 0.380. The summed E-state index contributed by atoms with van der Waals surface area (Å²) >= 11 is 3.58. The first-order chi connectivity index (χ1) is 10.4. The number of halogens is 1. The summed E-state index contributed by atoms with van der Waals surface area (Å²) in [4.78, 5) is 0.142. The van der Waals surface area contributed by atoms with Gasteiger partial charge in [-0.05, 0) is 31.9 Å². The minimum absolute atomic E-state index is 0.119. The predicted molar refractivity (Wildman–Crippen MR) is 86.6 cm³/mol. The molecule has 0 aromatic heterocycles. The third kappa shape index (κ3) is 2.43. The number of nitrogens with zero attached hydrogens (tertiary/aromatic N) is 1. The maximum atomic E-state index is 13.0. The molecule has 0 bridgehead atoms. The minimum atomic E-state index is -3.67. The van der Waals surface area contributed by atoms with Gasteiger partial charge in [0.2, 0.25) is 10.0 Å². The highest BCUT2D eigenvalue weighted by atomic mass is 79.9. The van der Waals surface area contributed by atoms with Crippen LogP contribution in [0.4, 0.5) is 0 Å². The molecule has 0 amide bonds. The number of rotatable bonds is 2. The van der Waals surface area contributed by atoms with Crippen LogP contribution in [0.5, 0.6) is 0 Å². The van der Waals surface area contributed by atoms with E-state index in [1.807, 2.05) is 6.92 Å². The van der Waals surface area contributed by atoms with Crippen molar-refractivity contribution in [1.29, 1.82) is 0 Å². The molecule has 0 radical (unpaired) electrons. The maximum absolute atomic E-state index is 13.0. The number of hydrogen-bond acceptors (Lipinski definition) is 4. The van der Waals surface area contributed by atoms with Crippen LogP contribution < -0.4 is 0 Å². The minimum Gasteiger partial charge on any atom is -0.391 e. The second kappa shape index (κ2) is 5.87. The highest BCUT2D eigenvalue weighted by Crippen LogP contribution is 2.43. The number of aliphatic hydroxyl groups is 1. The Labute approximate surface area is 139 Å². The molecule has 5 nitrogen and oxygen atoms in total. The van der Waals surface area contributed by atoms with Gasteiger partial charge in [0.05, 0.1) is 23.1 Å². The highest BCUT2D eigenvalue weighted by Gasteiger charge is 2.58. The molecule has 3 unspecified atom stereocenters. The number of hydrogen-bond donors (Lipinski definition) is 1. The molecular weight excluding hydrogens is 370 g/mol. The summed E-state index contributed by atoms with van der Waals surface area (Å²) in [5.74, 6) is 0. The van der Waals surface area contributed by atoms with E-state index in [1.165, 1.54) is 4.31 Å². The fourth-order valence-electron chi connectivity index (χ4n) is 3.34. The first kappa shape index (κ1) is 16.4. The highest BCUT2D eigenvalue weighted by molar-refractivity contribution is 9.09. The molecule has 0 saturated carbocycles. The molecule has 3 rings (SSSR count). The fraction of sp³-hybridized carbons (Fsp3) is 0.600. The topological polar surface area (TPSA) is 66.8 Å². The molecule has 2 aliphatic heterocycles. The van der Waals surface area contributed by atoms with Gasteiger partial charge in [0, 0.05) is 18.0 Å². The van der Waals surface area contributed by atoms with E-state index >= 15 is 0 Å². The van der Waals surface area contributed by atoms with Crippen LogP contribution in [0, 0.1) is 6.92 Å². The van der Waals surface area contributed by atoms with Crippen molar-refractivity contribution in [2.45, 2.75) is 41.1 Å². The smallest absolute Gasteiger partial charge is 0.243 e. The Morgan fingerprint density at radius 2 is 2.00 bits per heavy atom. The molecule has 1 aromatic rings. The fourth-order valence-corrected chi connectivity index (χ4v) is 6.18. The van der Waals surface area contributed by atoms with Crippen molar-refractivity contribution in [3.05, 3.63) is 29.8 Å². The van der Waals surface area contributed by atoms with Gasteiger partial charge in [0.25, 0.3) is 0 Å². The molecule has 1 N–H and O–H groups in total. The summed E-state index contributed by atoms with van der Waals surface area (Å²) in [6, 6.07) is 6.82. The third-order valence-corrected chi connectivity index (χ3v) is 7.87. The molecular formula is C15H20BrNO4S. The van der Waals surface area contributed by atoms with Crippen LogP contribution in [0.1, 0.15) is 18.4 Å². The molecule has 1 aromatic carbocycles. The molecule has 1 spiro atoms. The Bertz CT molecular complexity index is 648. The van der Waals surface area contributed by atoms with Gasteiger partial charge >= 0.3 is 0 Å². The summed E-state index contributed by atoms with van der Waals surface area (Å²) in [6.45, 7) is 3.02. The van der Waals surface area contributed by atoms with E-state index in [0.717, 1.165) is 5.56 Å². The van der Waals surface area contributed by atoms with Crippen LogP contribution in [0.2, 0.25) is 0 Å². The van der Waals surface area contributed by atoms with Crippen LogP contribution in [-0.2, 0) is 14.8 Å². The van der Waals surface area contributed by atoms with Gasteiger partial charge in [-0.1, -0.05) is 33.6 Å². The largest absolute Gasteiger partial charge is 0.391 e. The monoisotopic (exact) mass is 389 g/mol.